The van der Waals surface area contributed by atoms with Crippen molar-refractivity contribution in [2.75, 3.05) is 13.6 Å². The number of amides is 3. The maximum Gasteiger partial charge on any atom is 0.405 e. The smallest absolute Gasteiger partial charge is 0.405 e. The van der Waals surface area contributed by atoms with Gasteiger partial charge in [-0.1, -0.05) is 62.4 Å². The average Bonchev–Trinajstić information content (AvgIpc) is 2.80. The van der Waals surface area contributed by atoms with Crippen LogP contribution >= 0.6 is 0 Å². The predicted molar refractivity (Wildman–Crippen MR) is 121 cm³/mol. The molecular formula is C24H35N3O5. The average molecular weight is 446 g/mol. The first-order valence-electron chi connectivity index (χ1n) is 11.4. The van der Waals surface area contributed by atoms with E-state index in [1.807, 2.05) is 30.3 Å². The number of nitrogens with zero attached hydrogens (tertiary/aromatic N) is 1. The van der Waals surface area contributed by atoms with Crippen LogP contribution in [0.15, 0.2) is 30.3 Å². The zero-order chi connectivity index (χ0) is 23.3. The monoisotopic (exact) mass is 445 g/mol. The molecule has 1 aromatic carbocycles. The second-order valence-electron chi connectivity index (χ2n) is 8.58. The summed E-state index contributed by atoms with van der Waals surface area (Å²) >= 11 is 0. The number of likely N-dealkylation sites (N-methyl/N-ethyl adjacent to an activating group) is 1. The number of hydrogen-bond donors (Lipinski definition) is 3. The Hall–Kier alpha value is -2.90. The topological polar surface area (TPSA) is 116 Å². The molecule has 1 saturated carbocycles. The minimum atomic E-state index is -1.26. The van der Waals surface area contributed by atoms with Gasteiger partial charge < -0.3 is 25.4 Å². The van der Waals surface area contributed by atoms with Crippen molar-refractivity contribution in [3.05, 3.63) is 35.9 Å². The van der Waals surface area contributed by atoms with Gasteiger partial charge in [-0.2, -0.15) is 0 Å². The molecule has 3 N–H and O–H groups in total. The molecular weight excluding hydrogens is 410 g/mol. The highest BCUT2D eigenvalue weighted by Gasteiger charge is 2.27. The summed E-state index contributed by atoms with van der Waals surface area (Å²) in [5, 5.41) is 14.0. The normalized spacial score (nSPS) is 15.9. The molecule has 0 bridgehead atoms. The number of nitrogens with one attached hydrogen (secondary N) is 2. The van der Waals surface area contributed by atoms with Gasteiger partial charge in [-0.15, -0.1) is 0 Å². The van der Waals surface area contributed by atoms with Gasteiger partial charge in [0.15, 0.2) is 0 Å². The first-order valence-corrected chi connectivity index (χ1v) is 11.4. The Labute approximate surface area is 189 Å². The molecule has 32 heavy (non-hydrogen) atoms. The van der Waals surface area contributed by atoms with Crippen LogP contribution in [0.3, 0.4) is 0 Å². The molecule has 2 atom stereocenters. The van der Waals surface area contributed by atoms with Crippen LogP contribution < -0.4 is 10.6 Å². The zero-order valence-electron chi connectivity index (χ0n) is 18.8. The molecule has 0 aromatic heterocycles. The third kappa shape index (κ3) is 9.08. The molecule has 8 heteroatoms. The van der Waals surface area contributed by atoms with E-state index in [9.17, 15) is 19.2 Å². The fourth-order valence-electron chi connectivity index (χ4n) is 4.13. The zero-order valence-corrected chi connectivity index (χ0v) is 18.8. The van der Waals surface area contributed by atoms with Crippen molar-refractivity contribution in [3.63, 3.8) is 0 Å². The fraction of sp³-hybridized carbons (Fsp3) is 0.583. The molecule has 0 heterocycles. The molecule has 1 aliphatic carbocycles. The molecule has 0 saturated heterocycles. The molecule has 1 aromatic rings. The van der Waals surface area contributed by atoms with Gasteiger partial charge in [-0.05, 0) is 30.7 Å². The summed E-state index contributed by atoms with van der Waals surface area (Å²) in [5.41, 5.74) is 1.14. The maximum atomic E-state index is 12.7. The van der Waals surface area contributed by atoms with Crippen molar-refractivity contribution in [2.45, 2.75) is 69.9 Å². The van der Waals surface area contributed by atoms with Crippen LogP contribution in [0.4, 0.5) is 4.79 Å². The quantitative estimate of drug-likeness (QED) is 0.428. The van der Waals surface area contributed by atoms with Gasteiger partial charge in [-0.3, -0.25) is 9.59 Å². The summed E-state index contributed by atoms with van der Waals surface area (Å²) in [6, 6.07) is 8.12. The number of rotatable bonds is 12. The van der Waals surface area contributed by atoms with Crippen LogP contribution in [0.25, 0.3) is 0 Å². The minimum Gasteiger partial charge on any atom is -0.465 e. The van der Waals surface area contributed by atoms with Gasteiger partial charge in [0, 0.05) is 20.0 Å². The number of hydrogen-bond acceptors (Lipinski definition) is 4. The molecule has 2 rings (SSSR count). The van der Waals surface area contributed by atoms with Crippen LogP contribution in [0.2, 0.25) is 0 Å². The first-order chi connectivity index (χ1) is 15.4. The van der Waals surface area contributed by atoms with E-state index >= 15 is 0 Å². The van der Waals surface area contributed by atoms with Crippen molar-refractivity contribution in [2.24, 2.45) is 5.92 Å². The lowest BCUT2D eigenvalue weighted by atomic mass is 9.84. The van der Waals surface area contributed by atoms with Gasteiger partial charge in [0.25, 0.3) is 0 Å². The SMILES string of the molecule is CN(CCc1ccccc1)C(=O)CCC(C=O)NC(=O)C(CC1CCCCC1)NC(=O)O. The third-order valence-corrected chi connectivity index (χ3v) is 6.07. The number of aldehydes is 1. The molecule has 1 fully saturated rings. The Balaban J connectivity index is 1.81. The Morgan fingerprint density at radius 3 is 2.44 bits per heavy atom. The summed E-state index contributed by atoms with van der Waals surface area (Å²) in [7, 11) is 1.72. The molecule has 2 unspecified atom stereocenters. The van der Waals surface area contributed by atoms with E-state index in [1.165, 1.54) is 6.42 Å². The van der Waals surface area contributed by atoms with E-state index in [2.05, 4.69) is 10.6 Å². The number of carboxylic acid groups (broad SMARTS) is 1. The molecule has 8 nitrogen and oxygen atoms in total. The number of carbonyl (C=O) groups excluding carboxylic acids is 3. The van der Waals surface area contributed by atoms with Crippen LogP contribution in [0.5, 0.6) is 0 Å². The molecule has 0 aliphatic heterocycles. The first kappa shape index (κ1) is 25.4. The number of benzene rings is 1. The second-order valence-corrected chi connectivity index (χ2v) is 8.58. The van der Waals surface area contributed by atoms with E-state index in [-0.39, 0.29) is 18.7 Å². The van der Waals surface area contributed by atoms with E-state index in [0.717, 1.165) is 37.7 Å². The van der Waals surface area contributed by atoms with Crippen LogP contribution in [-0.4, -0.2) is 59.9 Å². The van der Waals surface area contributed by atoms with Crippen molar-refractivity contribution in [1.82, 2.24) is 15.5 Å². The van der Waals surface area contributed by atoms with E-state index in [1.54, 1.807) is 11.9 Å². The van der Waals surface area contributed by atoms with Crippen molar-refractivity contribution in [1.29, 1.82) is 0 Å². The van der Waals surface area contributed by atoms with Gasteiger partial charge >= 0.3 is 6.09 Å². The van der Waals surface area contributed by atoms with Gasteiger partial charge in [-0.25, -0.2) is 4.79 Å². The highest BCUT2D eigenvalue weighted by Crippen LogP contribution is 2.27. The summed E-state index contributed by atoms with van der Waals surface area (Å²) in [4.78, 5) is 49.4. The van der Waals surface area contributed by atoms with Crippen molar-refractivity contribution >= 4 is 24.2 Å². The minimum absolute atomic E-state index is 0.107. The molecule has 3 amide bonds. The predicted octanol–water partition coefficient (Wildman–Crippen LogP) is 2.76. The largest absolute Gasteiger partial charge is 0.465 e. The van der Waals surface area contributed by atoms with Crippen molar-refractivity contribution < 1.29 is 24.3 Å². The lowest BCUT2D eigenvalue weighted by Crippen LogP contribution is -2.50. The highest BCUT2D eigenvalue weighted by molar-refractivity contribution is 5.87. The lowest BCUT2D eigenvalue weighted by molar-refractivity contribution is -0.131. The van der Waals surface area contributed by atoms with E-state index in [0.29, 0.717) is 25.2 Å². The number of carbonyl (C=O) groups is 4. The highest BCUT2D eigenvalue weighted by atomic mass is 16.4. The Morgan fingerprint density at radius 1 is 1.12 bits per heavy atom. The van der Waals surface area contributed by atoms with E-state index in [4.69, 9.17) is 5.11 Å². The molecule has 0 spiro atoms. The molecule has 0 radical (unpaired) electrons. The van der Waals surface area contributed by atoms with Gasteiger partial charge in [0.1, 0.15) is 12.3 Å². The lowest BCUT2D eigenvalue weighted by Gasteiger charge is -2.26. The fourth-order valence-corrected chi connectivity index (χ4v) is 4.13. The molecule has 1 aliphatic rings. The summed E-state index contributed by atoms with van der Waals surface area (Å²) in [6.07, 6.45) is 6.09. The van der Waals surface area contributed by atoms with Gasteiger partial charge in [0.2, 0.25) is 11.8 Å². The van der Waals surface area contributed by atoms with Crippen molar-refractivity contribution in [3.8, 4) is 0 Å². The van der Waals surface area contributed by atoms with Crippen LogP contribution in [0.1, 0.15) is 56.9 Å². The Bertz CT molecular complexity index is 749. The summed E-state index contributed by atoms with van der Waals surface area (Å²) < 4.78 is 0. The van der Waals surface area contributed by atoms with Crippen LogP contribution in [-0.2, 0) is 20.8 Å². The Kier molecular flexibility index (Phi) is 10.7. The summed E-state index contributed by atoms with van der Waals surface area (Å²) in [6.45, 7) is 0.562. The summed E-state index contributed by atoms with van der Waals surface area (Å²) in [5.74, 6) is -0.328. The molecule has 176 valence electrons. The van der Waals surface area contributed by atoms with Crippen LogP contribution in [0, 0.1) is 5.92 Å². The maximum absolute atomic E-state index is 12.7. The Morgan fingerprint density at radius 2 is 1.81 bits per heavy atom. The van der Waals surface area contributed by atoms with Gasteiger partial charge in [0.05, 0.1) is 6.04 Å². The second kappa shape index (κ2) is 13.5. The third-order valence-electron chi connectivity index (χ3n) is 6.07. The van der Waals surface area contributed by atoms with E-state index < -0.39 is 24.1 Å². The standard InChI is InChI=1S/C24H35N3O5/c1-27(15-14-18-8-4-2-5-9-18)22(29)13-12-20(17-28)25-23(30)21(26-24(31)32)16-19-10-6-3-7-11-19/h2,4-5,8-9,17,19-21,26H,3,6-7,10-16H2,1H3,(H,25,30)(H,31,32).